The highest BCUT2D eigenvalue weighted by Crippen LogP contribution is 2.40. The van der Waals surface area contributed by atoms with Gasteiger partial charge in [0.15, 0.2) is 0 Å². The molecule has 0 aromatic heterocycles. The SMILES string of the molecule is C[C@H](NC1=NS(=O)(=O)C(c2ccc(C(C)(C)C)cc2)C(C)(C)O1)c1ccccc1F. The lowest BCUT2D eigenvalue weighted by Gasteiger charge is -2.38. The smallest absolute Gasteiger partial charge is 0.301 e. The predicted octanol–water partition coefficient (Wildman–Crippen LogP) is 5.01. The molecule has 2 aromatic rings. The van der Waals surface area contributed by atoms with Gasteiger partial charge in [-0.2, -0.15) is 0 Å². The first-order valence-corrected chi connectivity index (χ1v) is 11.5. The van der Waals surface area contributed by atoms with E-state index in [2.05, 4.69) is 30.5 Å². The summed E-state index contributed by atoms with van der Waals surface area (Å²) in [7, 11) is -3.91. The predicted molar refractivity (Wildman–Crippen MR) is 117 cm³/mol. The van der Waals surface area contributed by atoms with E-state index in [1.54, 1.807) is 39.0 Å². The second kappa shape index (κ2) is 7.69. The maximum atomic E-state index is 14.1. The number of nitrogens with zero attached hydrogens (tertiary/aromatic N) is 1. The lowest BCUT2D eigenvalue weighted by atomic mass is 9.86. The van der Waals surface area contributed by atoms with Crippen molar-refractivity contribution in [3.05, 3.63) is 71.0 Å². The number of benzene rings is 2. The molecule has 1 unspecified atom stereocenters. The Kier molecular flexibility index (Phi) is 5.71. The number of hydrogen-bond acceptors (Lipinski definition) is 4. The Morgan fingerprint density at radius 1 is 1.10 bits per heavy atom. The van der Waals surface area contributed by atoms with E-state index in [0.29, 0.717) is 11.1 Å². The number of nitrogens with one attached hydrogen (secondary N) is 1. The molecule has 0 bridgehead atoms. The van der Waals surface area contributed by atoms with Crippen LogP contribution in [0.2, 0.25) is 0 Å². The molecule has 1 N–H and O–H groups in total. The molecule has 0 saturated heterocycles. The van der Waals surface area contributed by atoms with Crippen molar-refractivity contribution in [1.29, 1.82) is 0 Å². The van der Waals surface area contributed by atoms with Crippen LogP contribution in [0.15, 0.2) is 52.9 Å². The Bertz CT molecular complexity index is 1050. The van der Waals surface area contributed by atoms with Crippen LogP contribution in [0.3, 0.4) is 0 Å². The minimum Gasteiger partial charge on any atom is -0.457 e. The highest BCUT2D eigenvalue weighted by molar-refractivity contribution is 7.90. The maximum absolute atomic E-state index is 14.1. The Labute approximate surface area is 178 Å². The molecule has 0 radical (unpaired) electrons. The Balaban J connectivity index is 1.91. The first-order valence-electron chi connectivity index (χ1n) is 9.95. The van der Waals surface area contributed by atoms with Crippen LogP contribution in [0, 0.1) is 5.82 Å². The Morgan fingerprint density at radius 2 is 1.70 bits per heavy atom. The molecule has 2 aromatic carbocycles. The van der Waals surface area contributed by atoms with Crippen LogP contribution in [-0.2, 0) is 20.2 Å². The summed E-state index contributed by atoms with van der Waals surface area (Å²) in [5, 5.41) is 1.95. The van der Waals surface area contributed by atoms with Crippen LogP contribution in [0.4, 0.5) is 4.39 Å². The Hall–Kier alpha value is -2.41. The number of sulfonamides is 1. The van der Waals surface area contributed by atoms with Crippen molar-refractivity contribution in [3.63, 3.8) is 0 Å². The van der Waals surface area contributed by atoms with Gasteiger partial charge in [-0.1, -0.05) is 63.2 Å². The van der Waals surface area contributed by atoms with Gasteiger partial charge in [-0.3, -0.25) is 0 Å². The lowest BCUT2D eigenvalue weighted by molar-refractivity contribution is 0.0768. The second-order valence-corrected chi connectivity index (χ2v) is 10.9. The minimum absolute atomic E-state index is 0.0337. The van der Waals surface area contributed by atoms with E-state index >= 15 is 0 Å². The first kappa shape index (κ1) is 22.3. The summed E-state index contributed by atoms with van der Waals surface area (Å²) < 4.78 is 50.1. The van der Waals surface area contributed by atoms with E-state index in [9.17, 15) is 12.8 Å². The molecular formula is C23H29FN2O3S. The highest BCUT2D eigenvalue weighted by atomic mass is 32.2. The third-order valence-corrected chi connectivity index (χ3v) is 7.15. The standard InChI is InChI=1S/C23H29FN2O3S/c1-15(18-9-7-8-10-19(18)24)25-21-26-30(27,28)20(23(5,6)29-21)16-11-13-17(14-12-16)22(2,3)4/h7-15,20H,1-6H3,(H,25,26)/t15-,20?/m0/s1. The summed E-state index contributed by atoms with van der Waals surface area (Å²) in [6.07, 6.45) is 0. The topological polar surface area (TPSA) is 67.8 Å². The second-order valence-electron chi connectivity index (χ2n) is 9.26. The van der Waals surface area contributed by atoms with E-state index in [0.717, 1.165) is 5.56 Å². The summed E-state index contributed by atoms with van der Waals surface area (Å²) >= 11 is 0. The molecule has 0 spiro atoms. The fourth-order valence-corrected chi connectivity index (χ4v) is 5.42. The molecule has 1 aliphatic rings. The van der Waals surface area contributed by atoms with Crippen molar-refractivity contribution in [2.75, 3.05) is 0 Å². The van der Waals surface area contributed by atoms with E-state index in [4.69, 9.17) is 4.74 Å². The molecule has 7 heteroatoms. The Morgan fingerprint density at radius 3 is 2.23 bits per heavy atom. The van der Waals surface area contributed by atoms with Gasteiger partial charge in [-0.15, -0.1) is 4.40 Å². The highest BCUT2D eigenvalue weighted by Gasteiger charge is 2.47. The zero-order valence-electron chi connectivity index (χ0n) is 18.2. The molecule has 3 rings (SSSR count). The third-order valence-electron chi connectivity index (χ3n) is 5.29. The number of hydrogen-bond donors (Lipinski definition) is 1. The van der Waals surface area contributed by atoms with E-state index in [-0.39, 0.29) is 17.3 Å². The van der Waals surface area contributed by atoms with Gasteiger partial charge in [0.05, 0.1) is 6.04 Å². The fourth-order valence-electron chi connectivity index (χ4n) is 3.72. The van der Waals surface area contributed by atoms with Gasteiger partial charge in [0.25, 0.3) is 10.0 Å². The van der Waals surface area contributed by atoms with E-state index < -0.39 is 26.9 Å². The normalized spacial score (nSPS) is 21.3. The quantitative estimate of drug-likeness (QED) is 0.740. The van der Waals surface area contributed by atoms with E-state index in [1.165, 1.54) is 6.07 Å². The van der Waals surface area contributed by atoms with Gasteiger partial charge in [0, 0.05) is 5.56 Å². The average Bonchev–Trinajstić information content (AvgIpc) is 2.59. The van der Waals surface area contributed by atoms with Crippen molar-refractivity contribution in [1.82, 2.24) is 5.32 Å². The minimum atomic E-state index is -3.91. The van der Waals surface area contributed by atoms with Gasteiger partial charge in [0.1, 0.15) is 16.7 Å². The van der Waals surface area contributed by atoms with Crippen molar-refractivity contribution in [3.8, 4) is 0 Å². The van der Waals surface area contributed by atoms with Gasteiger partial charge in [0.2, 0.25) is 0 Å². The van der Waals surface area contributed by atoms with Crippen LogP contribution >= 0.6 is 0 Å². The fraction of sp³-hybridized carbons (Fsp3) is 0.435. The maximum Gasteiger partial charge on any atom is 0.301 e. The van der Waals surface area contributed by atoms with Crippen LogP contribution in [0.1, 0.15) is 69.5 Å². The van der Waals surface area contributed by atoms with Crippen LogP contribution < -0.4 is 5.32 Å². The van der Waals surface area contributed by atoms with Gasteiger partial charge < -0.3 is 10.1 Å². The summed E-state index contributed by atoms with van der Waals surface area (Å²) in [6.45, 7) is 11.5. The van der Waals surface area contributed by atoms with Crippen LogP contribution in [0.5, 0.6) is 0 Å². The van der Waals surface area contributed by atoms with Gasteiger partial charge in [-0.25, -0.2) is 12.8 Å². The molecular weight excluding hydrogens is 403 g/mol. The third kappa shape index (κ3) is 4.51. The first-order chi connectivity index (χ1) is 13.8. The summed E-state index contributed by atoms with van der Waals surface area (Å²) in [4.78, 5) is 0. The lowest BCUT2D eigenvalue weighted by Crippen LogP contribution is -2.47. The van der Waals surface area contributed by atoms with Crippen molar-refractivity contribution < 1.29 is 17.5 Å². The van der Waals surface area contributed by atoms with Crippen molar-refractivity contribution in [2.24, 2.45) is 4.40 Å². The molecule has 2 atom stereocenters. The summed E-state index contributed by atoms with van der Waals surface area (Å²) in [5.41, 5.74) is 1.04. The largest absolute Gasteiger partial charge is 0.457 e. The van der Waals surface area contributed by atoms with Crippen LogP contribution in [0.25, 0.3) is 0 Å². The van der Waals surface area contributed by atoms with Crippen molar-refractivity contribution in [2.45, 2.75) is 63.9 Å². The average molecular weight is 433 g/mol. The monoisotopic (exact) mass is 432 g/mol. The molecule has 162 valence electrons. The van der Waals surface area contributed by atoms with Crippen LogP contribution in [-0.4, -0.2) is 20.0 Å². The summed E-state index contributed by atoms with van der Waals surface area (Å²) in [5.74, 6) is -0.382. The van der Waals surface area contributed by atoms with Crippen molar-refractivity contribution >= 4 is 16.0 Å². The van der Waals surface area contributed by atoms with Gasteiger partial charge in [-0.05, 0) is 43.4 Å². The number of ether oxygens (including phenoxy) is 1. The number of rotatable bonds is 3. The molecule has 0 amide bonds. The van der Waals surface area contributed by atoms with Gasteiger partial charge >= 0.3 is 6.02 Å². The number of halogens is 1. The number of amidine groups is 1. The zero-order valence-corrected chi connectivity index (χ0v) is 19.0. The molecule has 0 aliphatic carbocycles. The zero-order chi connectivity index (χ0) is 22.3. The molecule has 5 nitrogen and oxygen atoms in total. The summed E-state index contributed by atoms with van der Waals surface area (Å²) in [6, 6.07) is 13.2. The molecule has 30 heavy (non-hydrogen) atoms. The van der Waals surface area contributed by atoms with E-state index in [1.807, 2.05) is 24.3 Å². The molecule has 0 saturated carbocycles. The molecule has 1 heterocycles. The molecule has 0 fully saturated rings. The molecule has 1 aliphatic heterocycles.